The van der Waals surface area contributed by atoms with Crippen molar-refractivity contribution in [3.8, 4) is 5.69 Å². The van der Waals surface area contributed by atoms with E-state index in [1.165, 1.54) is 0 Å². The van der Waals surface area contributed by atoms with Gasteiger partial charge >= 0.3 is 0 Å². The van der Waals surface area contributed by atoms with Gasteiger partial charge in [-0.15, -0.1) is 5.10 Å². The minimum absolute atomic E-state index is 0.370. The summed E-state index contributed by atoms with van der Waals surface area (Å²) in [6.07, 6.45) is 5.36. The fraction of sp³-hybridized carbons (Fsp3) is 0.188. The van der Waals surface area contributed by atoms with E-state index in [2.05, 4.69) is 30.3 Å². The van der Waals surface area contributed by atoms with E-state index in [0.29, 0.717) is 11.7 Å². The van der Waals surface area contributed by atoms with E-state index in [1.54, 1.807) is 17.2 Å². The van der Waals surface area contributed by atoms with Crippen LogP contribution in [0.3, 0.4) is 0 Å². The molecule has 8 nitrogen and oxygen atoms in total. The molecule has 5 rings (SSSR count). The Morgan fingerprint density at radius 2 is 1.88 bits per heavy atom. The Morgan fingerprint density at radius 1 is 1.00 bits per heavy atom. The lowest BCUT2D eigenvalue weighted by Crippen LogP contribution is -2.48. The van der Waals surface area contributed by atoms with Gasteiger partial charge in [0.05, 0.1) is 11.7 Å². The zero-order valence-electron chi connectivity index (χ0n) is 12.8. The fourth-order valence-corrected chi connectivity index (χ4v) is 3.00. The monoisotopic (exact) mass is 318 g/mol. The molecule has 1 aromatic carbocycles. The Kier molecular flexibility index (Phi) is 2.81. The molecule has 1 aliphatic heterocycles. The molecule has 0 aliphatic carbocycles. The summed E-state index contributed by atoms with van der Waals surface area (Å²) in [5.74, 6) is 0.825. The summed E-state index contributed by atoms with van der Waals surface area (Å²) in [7, 11) is 0. The summed E-state index contributed by atoms with van der Waals surface area (Å²) in [6.45, 7) is 1.71. The predicted octanol–water partition coefficient (Wildman–Crippen LogP) is 1.47. The van der Waals surface area contributed by atoms with Gasteiger partial charge in [0.15, 0.2) is 17.0 Å². The second-order valence-corrected chi connectivity index (χ2v) is 5.75. The van der Waals surface area contributed by atoms with E-state index >= 15 is 0 Å². The molecule has 118 valence electrons. The third-order valence-electron chi connectivity index (χ3n) is 4.28. The second kappa shape index (κ2) is 5.12. The SMILES string of the molecule is c1ccc(-n2nnc3c(N4CC(n5cccn5)C4)ncnc32)cc1. The molecule has 4 heterocycles. The molecule has 24 heavy (non-hydrogen) atoms. The Hall–Kier alpha value is -3.29. The van der Waals surface area contributed by atoms with Crippen molar-refractivity contribution in [2.75, 3.05) is 18.0 Å². The molecule has 0 spiro atoms. The number of hydrogen-bond acceptors (Lipinski definition) is 6. The van der Waals surface area contributed by atoms with E-state index in [1.807, 2.05) is 47.3 Å². The van der Waals surface area contributed by atoms with E-state index in [9.17, 15) is 0 Å². The smallest absolute Gasteiger partial charge is 0.189 e. The normalized spacial score (nSPS) is 14.9. The Balaban J connectivity index is 1.49. The van der Waals surface area contributed by atoms with Gasteiger partial charge < -0.3 is 4.90 Å². The minimum atomic E-state index is 0.370. The molecule has 0 bridgehead atoms. The summed E-state index contributed by atoms with van der Waals surface area (Å²) in [5.41, 5.74) is 2.37. The minimum Gasteiger partial charge on any atom is -0.350 e. The molecule has 3 aromatic heterocycles. The molecule has 0 unspecified atom stereocenters. The molecule has 0 saturated carbocycles. The first-order valence-corrected chi connectivity index (χ1v) is 7.76. The van der Waals surface area contributed by atoms with Gasteiger partial charge in [0.25, 0.3) is 0 Å². The highest BCUT2D eigenvalue weighted by Crippen LogP contribution is 2.30. The van der Waals surface area contributed by atoms with E-state index in [0.717, 1.165) is 30.1 Å². The molecule has 0 N–H and O–H groups in total. The first kappa shape index (κ1) is 13.2. The predicted molar refractivity (Wildman–Crippen MR) is 87.9 cm³/mol. The zero-order chi connectivity index (χ0) is 15.9. The van der Waals surface area contributed by atoms with Crippen LogP contribution in [0.4, 0.5) is 5.82 Å². The summed E-state index contributed by atoms with van der Waals surface area (Å²) >= 11 is 0. The highest BCUT2D eigenvalue weighted by Gasteiger charge is 2.31. The molecule has 1 saturated heterocycles. The second-order valence-electron chi connectivity index (χ2n) is 5.75. The third kappa shape index (κ3) is 1.96. The highest BCUT2D eigenvalue weighted by atomic mass is 15.5. The Bertz CT molecular complexity index is 970. The lowest BCUT2D eigenvalue weighted by molar-refractivity contribution is 0.366. The molecular formula is C16H14N8. The molecule has 0 atom stereocenters. The number of rotatable bonds is 3. The van der Waals surface area contributed by atoms with Crippen molar-refractivity contribution in [1.29, 1.82) is 0 Å². The average molecular weight is 318 g/mol. The highest BCUT2D eigenvalue weighted by molar-refractivity contribution is 5.84. The first-order valence-electron chi connectivity index (χ1n) is 7.76. The third-order valence-corrected chi connectivity index (χ3v) is 4.28. The van der Waals surface area contributed by atoms with Gasteiger partial charge in [-0.3, -0.25) is 4.68 Å². The number of hydrogen-bond donors (Lipinski definition) is 0. The molecule has 1 aliphatic rings. The lowest BCUT2D eigenvalue weighted by Gasteiger charge is -2.39. The fourth-order valence-electron chi connectivity index (χ4n) is 3.00. The first-order chi connectivity index (χ1) is 11.9. The number of benzene rings is 1. The maximum absolute atomic E-state index is 4.42. The average Bonchev–Trinajstić information content (AvgIpc) is 3.24. The van der Waals surface area contributed by atoms with Gasteiger partial charge in [0.2, 0.25) is 0 Å². The van der Waals surface area contributed by atoms with Crippen LogP contribution in [-0.4, -0.2) is 47.8 Å². The number of nitrogens with zero attached hydrogens (tertiary/aromatic N) is 8. The maximum Gasteiger partial charge on any atom is 0.189 e. The van der Waals surface area contributed by atoms with Crippen LogP contribution >= 0.6 is 0 Å². The van der Waals surface area contributed by atoms with Crippen molar-refractivity contribution in [1.82, 2.24) is 34.7 Å². The Labute approximate surface area is 137 Å². The molecule has 4 aromatic rings. The quantitative estimate of drug-likeness (QED) is 0.569. The van der Waals surface area contributed by atoms with Crippen molar-refractivity contribution >= 4 is 17.0 Å². The van der Waals surface area contributed by atoms with Crippen LogP contribution in [-0.2, 0) is 0 Å². The van der Waals surface area contributed by atoms with E-state index in [4.69, 9.17) is 0 Å². The zero-order valence-corrected chi connectivity index (χ0v) is 12.8. The van der Waals surface area contributed by atoms with Crippen molar-refractivity contribution in [2.24, 2.45) is 0 Å². The number of para-hydroxylation sites is 1. The lowest BCUT2D eigenvalue weighted by atomic mass is 10.1. The van der Waals surface area contributed by atoms with Crippen LogP contribution < -0.4 is 4.90 Å². The van der Waals surface area contributed by atoms with Crippen LogP contribution in [0.15, 0.2) is 55.1 Å². The molecule has 0 radical (unpaired) electrons. The summed E-state index contributed by atoms with van der Waals surface area (Å²) < 4.78 is 3.72. The summed E-state index contributed by atoms with van der Waals surface area (Å²) in [4.78, 5) is 11.0. The standard InChI is InChI=1S/C16H14N8/c1-2-5-12(6-3-1)24-16-14(20-21-24)15(17-11-18-16)22-9-13(10-22)23-8-4-7-19-23/h1-8,11,13H,9-10H2. The van der Waals surface area contributed by atoms with E-state index in [-0.39, 0.29) is 0 Å². The topological polar surface area (TPSA) is 77.5 Å². The van der Waals surface area contributed by atoms with Gasteiger partial charge in [-0.1, -0.05) is 23.4 Å². The number of anilines is 1. The molecule has 8 heteroatoms. The van der Waals surface area contributed by atoms with Crippen LogP contribution in [0.2, 0.25) is 0 Å². The Morgan fingerprint density at radius 3 is 2.67 bits per heavy atom. The van der Waals surface area contributed by atoms with Gasteiger partial charge in [-0.2, -0.15) is 9.78 Å². The largest absolute Gasteiger partial charge is 0.350 e. The van der Waals surface area contributed by atoms with Crippen LogP contribution in [0.25, 0.3) is 16.9 Å². The van der Waals surface area contributed by atoms with Crippen molar-refractivity contribution in [3.63, 3.8) is 0 Å². The van der Waals surface area contributed by atoms with Crippen LogP contribution in [0.1, 0.15) is 6.04 Å². The van der Waals surface area contributed by atoms with Crippen molar-refractivity contribution in [2.45, 2.75) is 6.04 Å². The van der Waals surface area contributed by atoms with Crippen LogP contribution in [0, 0.1) is 0 Å². The van der Waals surface area contributed by atoms with Gasteiger partial charge in [0.1, 0.15) is 6.33 Å². The molecule has 0 amide bonds. The van der Waals surface area contributed by atoms with Crippen molar-refractivity contribution in [3.05, 3.63) is 55.1 Å². The van der Waals surface area contributed by atoms with Gasteiger partial charge in [0, 0.05) is 25.5 Å². The van der Waals surface area contributed by atoms with Crippen LogP contribution in [0.5, 0.6) is 0 Å². The van der Waals surface area contributed by atoms with Crippen molar-refractivity contribution < 1.29 is 0 Å². The van der Waals surface area contributed by atoms with Gasteiger partial charge in [-0.05, 0) is 18.2 Å². The van der Waals surface area contributed by atoms with E-state index < -0.39 is 0 Å². The number of fused-ring (bicyclic) bond motifs is 1. The van der Waals surface area contributed by atoms with Gasteiger partial charge in [-0.25, -0.2) is 9.97 Å². The number of aromatic nitrogens is 7. The molecular weight excluding hydrogens is 304 g/mol. The summed E-state index contributed by atoms with van der Waals surface area (Å²) in [6, 6.07) is 12.2. The summed E-state index contributed by atoms with van der Waals surface area (Å²) in [5, 5.41) is 12.9. The maximum atomic E-state index is 4.42. The molecule has 1 fully saturated rings.